The number of benzene rings is 1. The lowest BCUT2D eigenvalue weighted by atomic mass is 10.1. The number of halogens is 2. The first-order valence-electron chi connectivity index (χ1n) is 4.64. The average Bonchev–Trinajstić information content (AvgIpc) is 2.24. The van der Waals surface area contributed by atoms with Crippen LogP contribution < -0.4 is 5.73 Å². The van der Waals surface area contributed by atoms with E-state index in [0.717, 1.165) is 6.08 Å². The van der Waals surface area contributed by atoms with Gasteiger partial charge in [-0.1, -0.05) is 0 Å². The maximum Gasteiger partial charge on any atom is 0.330 e. The molecule has 0 saturated heterocycles. The first-order chi connectivity index (χ1) is 7.56. The van der Waals surface area contributed by atoms with Crippen molar-refractivity contribution in [2.45, 2.75) is 6.92 Å². The fourth-order valence-electron chi connectivity index (χ4n) is 1.09. The number of nitrogen functional groups attached to an aromatic ring is 1. The van der Waals surface area contributed by atoms with Gasteiger partial charge in [-0.3, -0.25) is 0 Å². The highest BCUT2D eigenvalue weighted by molar-refractivity contribution is 9.10. The van der Waals surface area contributed by atoms with E-state index >= 15 is 0 Å². The van der Waals surface area contributed by atoms with Crippen LogP contribution in [0.25, 0.3) is 6.08 Å². The predicted molar refractivity (Wildman–Crippen MR) is 64.2 cm³/mol. The van der Waals surface area contributed by atoms with Crippen LogP contribution in [0.3, 0.4) is 0 Å². The molecule has 0 aromatic heterocycles. The molecule has 0 spiro atoms. The van der Waals surface area contributed by atoms with Crippen molar-refractivity contribution in [3.63, 3.8) is 0 Å². The molecular weight excluding hydrogens is 277 g/mol. The van der Waals surface area contributed by atoms with Crippen LogP contribution in [0.1, 0.15) is 12.5 Å². The molecule has 3 nitrogen and oxygen atoms in total. The summed E-state index contributed by atoms with van der Waals surface area (Å²) < 4.78 is 18.5. The number of hydrogen-bond donors (Lipinski definition) is 1. The Kier molecular flexibility index (Phi) is 4.49. The number of rotatable bonds is 3. The van der Waals surface area contributed by atoms with Crippen molar-refractivity contribution in [1.82, 2.24) is 0 Å². The molecular formula is C11H11BrFNO2. The highest BCUT2D eigenvalue weighted by Gasteiger charge is 2.07. The Morgan fingerprint density at radius 3 is 2.94 bits per heavy atom. The molecule has 0 amide bonds. The summed E-state index contributed by atoms with van der Waals surface area (Å²) >= 11 is 3.04. The Morgan fingerprint density at radius 2 is 2.31 bits per heavy atom. The Hall–Kier alpha value is -1.36. The minimum Gasteiger partial charge on any atom is -0.463 e. The van der Waals surface area contributed by atoms with Crippen molar-refractivity contribution in [1.29, 1.82) is 0 Å². The van der Waals surface area contributed by atoms with Gasteiger partial charge in [0.2, 0.25) is 0 Å². The van der Waals surface area contributed by atoms with E-state index in [0.29, 0.717) is 4.47 Å². The fraction of sp³-hybridized carbons (Fsp3) is 0.182. The molecule has 0 aliphatic heterocycles. The van der Waals surface area contributed by atoms with Gasteiger partial charge >= 0.3 is 5.97 Å². The molecule has 0 unspecified atom stereocenters. The molecule has 0 radical (unpaired) electrons. The van der Waals surface area contributed by atoms with Gasteiger partial charge in [0.1, 0.15) is 5.82 Å². The zero-order valence-electron chi connectivity index (χ0n) is 8.67. The highest BCUT2D eigenvalue weighted by atomic mass is 79.9. The largest absolute Gasteiger partial charge is 0.463 e. The fourth-order valence-corrected chi connectivity index (χ4v) is 1.44. The quantitative estimate of drug-likeness (QED) is 0.528. The third-order valence-electron chi connectivity index (χ3n) is 1.84. The molecule has 86 valence electrons. The molecule has 16 heavy (non-hydrogen) atoms. The number of ether oxygens (including phenoxy) is 1. The monoisotopic (exact) mass is 287 g/mol. The first-order valence-corrected chi connectivity index (χ1v) is 5.44. The van der Waals surface area contributed by atoms with Crippen LogP contribution in [0.4, 0.5) is 10.1 Å². The van der Waals surface area contributed by atoms with Crippen LogP contribution in [0.5, 0.6) is 0 Å². The summed E-state index contributed by atoms with van der Waals surface area (Å²) in [6.07, 6.45) is 2.44. The molecule has 5 heteroatoms. The molecule has 2 N–H and O–H groups in total. The van der Waals surface area contributed by atoms with Gasteiger partial charge in [-0.15, -0.1) is 0 Å². The zero-order chi connectivity index (χ0) is 12.1. The number of nitrogens with two attached hydrogens (primary N) is 1. The van der Waals surface area contributed by atoms with E-state index in [1.54, 1.807) is 13.0 Å². The summed E-state index contributed by atoms with van der Waals surface area (Å²) in [5.74, 6) is -1.03. The second-order valence-corrected chi connectivity index (χ2v) is 3.80. The maximum absolute atomic E-state index is 13.6. The summed E-state index contributed by atoms with van der Waals surface area (Å²) in [5.41, 5.74) is 6.02. The number of hydrogen-bond acceptors (Lipinski definition) is 3. The Balaban J connectivity index is 2.97. The van der Waals surface area contributed by atoms with Gasteiger partial charge in [-0.25, -0.2) is 9.18 Å². The lowest BCUT2D eigenvalue weighted by Crippen LogP contribution is -2.00. The SMILES string of the molecule is CCOC(=O)/C=C/c1c(N)ccc(Br)c1F. The predicted octanol–water partition coefficient (Wildman–Crippen LogP) is 2.75. The van der Waals surface area contributed by atoms with E-state index < -0.39 is 11.8 Å². The van der Waals surface area contributed by atoms with Crippen molar-refractivity contribution >= 4 is 33.7 Å². The summed E-state index contributed by atoms with van der Waals surface area (Å²) in [5, 5.41) is 0. The number of anilines is 1. The lowest BCUT2D eigenvalue weighted by Gasteiger charge is -2.03. The molecule has 0 aliphatic rings. The van der Waals surface area contributed by atoms with Crippen LogP contribution in [0.2, 0.25) is 0 Å². The van der Waals surface area contributed by atoms with E-state index in [-0.39, 0.29) is 17.9 Å². The van der Waals surface area contributed by atoms with Crippen molar-refractivity contribution in [2.75, 3.05) is 12.3 Å². The minimum atomic E-state index is -0.527. The van der Waals surface area contributed by atoms with E-state index in [2.05, 4.69) is 20.7 Å². The Morgan fingerprint density at radius 1 is 1.62 bits per heavy atom. The molecule has 1 aromatic rings. The van der Waals surface area contributed by atoms with E-state index in [9.17, 15) is 9.18 Å². The molecule has 0 fully saturated rings. The smallest absolute Gasteiger partial charge is 0.330 e. The molecule has 1 aromatic carbocycles. The Bertz CT molecular complexity index is 432. The van der Waals surface area contributed by atoms with Gasteiger partial charge in [-0.2, -0.15) is 0 Å². The van der Waals surface area contributed by atoms with Gasteiger partial charge in [0.25, 0.3) is 0 Å². The first kappa shape index (κ1) is 12.7. The topological polar surface area (TPSA) is 52.3 Å². The normalized spacial score (nSPS) is 10.7. The van der Waals surface area contributed by atoms with Gasteiger partial charge in [0, 0.05) is 17.3 Å². The highest BCUT2D eigenvalue weighted by Crippen LogP contribution is 2.25. The molecule has 0 saturated carbocycles. The van der Waals surface area contributed by atoms with Crippen molar-refractivity contribution in [2.24, 2.45) is 0 Å². The average molecular weight is 288 g/mol. The summed E-state index contributed by atoms with van der Waals surface area (Å²) in [4.78, 5) is 11.0. The van der Waals surface area contributed by atoms with Gasteiger partial charge in [-0.05, 0) is 41.1 Å². The number of carbonyl (C=O) groups is 1. The van der Waals surface area contributed by atoms with E-state index in [4.69, 9.17) is 5.73 Å². The summed E-state index contributed by atoms with van der Waals surface area (Å²) in [6, 6.07) is 3.06. The lowest BCUT2D eigenvalue weighted by molar-refractivity contribution is -0.137. The van der Waals surface area contributed by atoms with Crippen molar-refractivity contribution in [3.8, 4) is 0 Å². The van der Waals surface area contributed by atoms with Gasteiger partial charge in [0.15, 0.2) is 0 Å². The standard InChI is InChI=1S/C11H11BrFNO2/c1-2-16-10(15)6-3-7-9(14)5-4-8(12)11(7)13/h3-6H,2,14H2,1H3/b6-3+. The van der Waals surface area contributed by atoms with Crippen LogP contribution in [-0.2, 0) is 9.53 Å². The molecule has 0 aliphatic carbocycles. The molecule has 1 rings (SSSR count). The number of esters is 1. The van der Waals surface area contributed by atoms with Gasteiger partial charge < -0.3 is 10.5 Å². The summed E-state index contributed by atoms with van der Waals surface area (Å²) in [7, 11) is 0. The molecule has 0 heterocycles. The minimum absolute atomic E-state index is 0.169. The third-order valence-corrected chi connectivity index (χ3v) is 2.45. The maximum atomic E-state index is 13.6. The van der Waals surface area contributed by atoms with Crippen molar-refractivity contribution in [3.05, 3.63) is 34.1 Å². The van der Waals surface area contributed by atoms with E-state index in [1.807, 2.05) is 0 Å². The van der Waals surface area contributed by atoms with Crippen LogP contribution in [-0.4, -0.2) is 12.6 Å². The van der Waals surface area contributed by atoms with Crippen LogP contribution >= 0.6 is 15.9 Å². The van der Waals surface area contributed by atoms with Gasteiger partial charge in [0.05, 0.1) is 11.1 Å². The van der Waals surface area contributed by atoms with Crippen LogP contribution in [0.15, 0.2) is 22.7 Å². The summed E-state index contributed by atoms with van der Waals surface area (Å²) in [6.45, 7) is 1.97. The zero-order valence-corrected chi connectivity index (χ0v) is 10.3. The Labute approximate surface area is 101 Å². The van der Waals surface area contributed by atoms with E-state index in [1.165, 1.54) is 12.1 Å². The third kappa shape index (κ3) is 3.06. The second-order valence-electron chi connectivity index (χ2n) is 2.95. The number of carbonyl (C=O) groups excluding carboxylic acids is 1. The molecule has 0 atom stereocenters. The second kappa shape index (κ2) is 5.65. The van der Waals surface area contributed by atoms with Crippen LogP contribution in [0, 0.1) is 5.82 Å². The van der Waals surface area contributed by atoms with Crippen molar-refractivity contribution < 1.29 is 13.9 Å². The molecule has 0 bridgehead atoms.